The standard InChI is InChI=1S/C22H25F2N5O/c1-16-26-10-11-29(16)15-18-7-5-6-17(12-18)13-27-22(25-2)28-14-19-8-3-4-9-20(19)30-21(23)24/h3-12,21H,13-15H2,1-2H3,(H2,25,27,28). The summed E-state index contributed by atoms with van der Waals surface area (Å²) in [7, 11) is 1.66. The molecule has 0 aliphatic rings. The minimum Gasteiger partial charge on any atom is -0.434 e. The Bertz CT molecular complexity index is 987. The number of aliphatic imine (C=N–C) groups is 1. The van der Waals surface area contributed by atoms with Crippen LogP contribution in [0.4, 0.5) is 8.78 Å². The van der Waals surface area contributed by atoms with Crippen LogP contribution in [-0.4, -0.2) is 29.2 Å². The Kier molecular flexibility index (Phi) is 7.37. The van der Waals surface area contributed by atoms with Gasteiger partial charge in [-0.2, -0.15) is 8.78 Å². The van der Waals surface area contributed by atoms with Crippen LogP contribution in [0.25, 0.3) is 0 Å². The first-order valence-electron chi connectivity index (χ1n) is 9.58. The van der Waals surface area contributed by atoms with E-state index in [0.29, 0.717) is 24.6 Å². The molecule has 0 spiro atoms. The van der Waals surface area contributed by atoms with Crippen LogP contribution in [0.1, 0.15) is 22.5 Å². The number of aromatic nitrogens is 2. The average molecular weight is 413 g/mol. The molecule has 2 aromatic carbocycles. The highest BCUT2D eigenvalue weighted by Gasteiger charge is 2.09. The number of hydrogen-bond donors (Lipinski definition) is 2. The fourth-order valence-electron chi connectivity index (χ4n) is 3.05. The van der Waals surface area contributed by atoms with Crippen LogP contribution in [0.15, 0.2) is 65.9 Å². The Morgan fingerprint density at radius 3 is 2.60 bits per heavy atom. The molecule has 0 unspecified atom stereocenters. The van der Waals surface area contributed by atoms with E-state index < -0.39 is 6.61 Å². The summed E-state index contributed by atoms with van der Waals surface area (Å²) in [5.41, 5.74) is 2.91. The first-order valence-corrected chi connectivity index (χ1v) is 9.58. The highest BCUT2D eigenvalue weighted by molar-refractivity contribution is 5.79. The summed E-state index contributed by atoms with van der Waals surface area (Å²) < 4.78 is 31.8. The van der Waals surface area contributed by atoms with Gasteiger partial charge in [-0.15, -0.1) is 0 Å². The lowest BCUT2D eigenvalue weighted by Crippen LogP contribution is -2.36. The van der Waals surface area contributed by atoms with E-state index in [0.717, 1.165) is 17.9 Å². The molecule has 0 saturated carbocycles. The maximum Gasteiger partial charge on any atom is 0.387 e. The van der Waals surface area contributed by atoms with Gasteiger partial charge in [0, 0.05) is 44.6 Å². The second-order valence-corrected chi connectivity index (χ2v) is 6.69. The lowest BCUT2D eigenvalue weighted by molar-refractivity contribution is -0.0504. The normalized spacial score (nSPS) is 11.6. The summed E-state index contributed by atoms with van der Waals surface area (Å²) in [6.45, 7) is 0.759. The van der Waals surface area contributed by atoms with E-state index >= 15 is 0 Å². The van der Waals surface area contributed by atoms with E-state index in [4.69, 9.17) is 0 Å². The molecule has 0 aliphatic heterocycles. The van der Waals surface area contributed by atoms with E-state index in [1.54, 1.807) is 31.4 Å². The number of alkyl halides is 2. The van der Waals surface area contributed by atoms with Crippen molar-refractivity contribution in [2.75, 3.05) is 7.05 Å². The molecule has 3 rings (SSSR count). The van der Waals surface area contributed by atoms with Gasteiger partial charge in [0.15, 0.2) is 5.96 Å². The van der Waals surface area contributed by atoms with Crippen LogP contribution >= 0.6 is 0 Å². The predicted molar refractivity (Wildman–Crippen MR) is 113 cm³/mol. The summed E-state index contributed by atoms with van der Waals surface area (Å²) in [5, 5.41) is 6.37. The molecular formula is C22H25F2N5O. The Labute approximate surface area is 174 Å². The number of rotatable bonds is 8. The molecule has 0 fully saturated rings. The van der Waals surface area contributed by atoms with Crippen molar-refractivity contribution in [3.8, 4) is 5.75 Å². The summed E-state index contributed by atoms with van der Waals surface area (Å²) in [4.78, 5) is 8.45. The first-order chi connectivity index (χ1) is 14.5. The summed E-state index contributed by atoms with van der Waals surface area (Å²) in [5.74, 6) is 1.69. The number of nitrogens with one attached hydrogen (secondary N) is 2. The zero-order valence-corrected chi connectivity index (χ0v) is 17.0. The van der Waals surface area contributed by atoms with Crippen LogP contribution in [0.3, 0.4) is 0 Å². The molecular weight excluding hydrogens is 388 g/mol. The molecule has 1 heterocycles. The highest BCUT2D eigenvalue weighted by atomic mass is 19.3. The minimum atomic E-state index is -2.86. The van der Waals surface area contributed by atoms with Gasteiger partial charge in [0.1, 0.15) is 11.6 Å². The van der Waals surface area contributed by atoms with Crippen LogP contribution < -0.4 is 15.4 Å². The van der Waals surface area contributed by atoms with Gasteiger partial charge >= 0.3 is 6.61 Å². The van der Waals surface area contributed by atoms with Gasteiger partial charge < -0.3 is 19.9 Å². The van der Waals surface area contributed by atoms with Crippen LogP contribution in [-0.2, 0) is 19.6 Å². The molecule has 0 bridgehead atoms. The Morgan fingerprint density at radius 2 is 1.87 bits per heavy atom. The molecule has 0 radical (unpaired) electrons. The second-order valence-electron chi connectivity index (χ2n) is 6.69. The molecule has 2 N–H and O–H groups in total. The van der Waals surface area contributed by atoms with Crippen molar-refractivity contribution in [3.63, 3.8) is 0 Å². The maximum atomic E-state index is 12.6. The zero-order chi connectivity index (χ0) is 21.3. The molecule has 0 saturated heterocycles. The first kappa shape index (κ1) is 21.3. The van der Waals surface area contributed by atoms with E-state index in [1.807, 2.05) is 25.3 Å². The predicted octanol–water partition coefficient (Wildman–Crippen LogP) is 3.71. The van der Waals surface area contributed by atoms with Crippen molar-refractivity contribution in [3.05, 3.63) is 83.4 Å². The van der Waals surface area contributed by atoms with Crippen LogP contribution in [0.5, 0.6) is 5.75 Å². The van der Waals surface area contributed by atoms with Gasteiger partial charge in [-0.25, -0.2) is 4.98 Å². The summed E-state index contributed by atoms with van der Waals surface area (Å²) >= 11 is 0. The van der Waals surface area contributed by atoms with E-state index in [2.05, 4.69) is 42.0 Å². The molecule has 3 aromatic rings. The third-order valence-corrected chi connectivity index (χ3v) is 4.59. The topological polar surface area (TPSA) is 63.5 Å². The molecule has 8 heteroatoms. The minimum absolute atomic E-state index is 0.151. The van der Waals surface area contributed by atoms with Crippen molar-refractivity contribution in [1.29, 1.82) is 0 Å². The summed E-state index contributed by atoms with van der Waals surface area (Å²) in [6, 6.07) is 15.0. The third kappa shape index (κ3) is 6.04. The molecule has 30 heavy (non-hydrogen) atoms. The Hall–Kier alpha value is -3.42. The third-order valence-electron chi connectivity index (χ3n) is 4.59. The van der Waals surface area contributed by atoms with Crippen molar-refractivity contribution < 1.29 is 13.5 Å². The number of benzene rings is 2. The smallest absolute Gasteiger partial charge is 0.387 e. The average Bonchev–Trinajstić information content (AvgIpc) is 3.13. The summed E-state index contributed by atoms with van der Waals surface area (Å²) in [6.07, 6.45) is 3.75. The van der Waals surface area contributed by atoms with E-state index in [-0.39, 0.29) is 5.75 Å². The van der Waals surface area contributed by atoms with Gasteiger partial charge in [-0.3, -0.25) is 4.99 Å². The molecule has 0 aliphatic carbocycles. The van der Waals surface area contributed by atoms with Crippen molar-refractivity contribution in [2.45, 2.75) is 33.2 Å². The number of imidazole rings is 1. The van der Waals surface area contributed by atoms with Crippen molar-refractivity contribution in [1.82, 2.24) is 20.2 Å². The molecule has 0 amide bonds. The van der Waals surface area contributed by atoms with Gasteiger partial charge in [0.05, 0.1) is 0 Å². The molecule has 6 nitrogen and oxygen atoms in total. The highest BCUT2D eigenvalue weighted by Crippen LogP contribution is 2.19. The number of halogens is 2. The largest absolute Gasteiger partial charge is 0.434 e. The van der Waals surface area contributed by atoms with Gasteiger partial charge in [-0.1, -0.05) is 42.5 Å². The monoisotopic (exact) mass is 413 g/mol. The van der Waals surface area contributed by atoms with Crippen molar-refractivity contribution >= 4 is 5.96 Å². The van der Waals surface area contributed by atoms with E-state index in [1.165, 1.54) is 11.6 Å². The number of aryl methyl sites for hydroxylation is 1. The number of ether oxygens (including phenoxy) is 1. The SMILES string of the molecule is CN=C(NCc1cccc(Cn2ccnc2C)c1)NCc1ccccc1OC(F)F. The fraction of sp³-hybridized carbons (Fsp3) is 0.273. The van der Waals surface area contributed by atoms with Crippen LogP contribution in [0.2, 0.25) is 0 Å². The Morgan fingerprint density at radius 1 is 1.10 bits per heavy atom. The number of guanidine groups is 1. The number of para-hydroxylation sites is 1. The molecule has 0 atom stereocenters. The number of nitrogens with zero attached hydrogens (tertiary/aromatic N) is 3. The second kappa shape index (κ2) is 10.4. The molecule has 1 aromatic heterocycles. The fourth-order valence-corrected chi connectivity index (χ4v) is 3.05. The van der Waals surface area contributed by atoms with Gasteiger partial charge in [0.2, 0.25) is 0 Å². The number of hydrogen-bond acceptors (Lipinski definition) is 3. The van der Waals surface area contributed by atoms with Crippen LogP contribution in [0, 0.1) is 6.92 Å². The maximum absolute atomic E-state index is 12.6. The van der Waals surface area contributed by atoms with Gasteiger partial charge in [0.25, 0.3) is 0 Å². The lowest BCUT2D eigenvalue weighted by Gasteiger charge is -2.15. The van der Waals surface area contributed by atoms with E-state index in [9.17, 15) is 8.78 Å². The quantitative estimate of drug-likeness (QED) is 0.437. The lowest BCUT2D eigenvalue weighted by atomic mass is 10.1. The van der Waals surface area contributed by atoms with Crippen molar-refractivity contribution in [2.24, 2.45) is 4.99 Å². The molecule has 158 valence electrons. The Balaban J connectivity index is 1.56. The zero-order valence-electron chi connectivity index (χ0n) is 17.0. The van der Waals surface area contributed by atoms with Gasteiger partial charge in [-0.05, 0) is 24.1 Å².